The van der Waals surface area contributed by atoms with Crippen LogP contribution in [-0.2, 0) is 11.2 Å². The van der Waals surface area contributed by atoms with Gasteiger partial charge in [0.15, 0.2) is 0 Å². The Kier molecular flexibility index (Phi) is 5.78. The van der Waals surface area contributed by atoms with Crippen molar-refractivity contribution in [2.45, 2.75) is 12.8 Å². The molecule has 2 aromatic rings. The van der Waals surface area contributed by atoms with Crippen molar-refractivity contribution in [1.29, 1.82) is 0 Å². The number of carbonyl (C=O) groups excluding carboxylic acids is 2. The van der Waals surface area contributed by atoms with Gasteiger partial charge < -0.3 is 14.5 Å². The molecule has 0 unspecified atom stereocenters. The molecule has 0 aliphatic carbocycles. The first-order valence-electron chi connectivity index (χ1n) is 8.63. The number of carbonyl (C=O) groups is 2. The minimum Gasteiger partial charge on any atom is -0.497 e. The van der Waals surface area contributed by atoms with Gasteiger partial charge in [0, 0.05) is 38.6 Å². The Morgan fingerprint density at radius 3 is 2.46 bits per heavy atom. The Labute approximate surface area is 152 Å². The van der Waals surface area contributed by atoms with Gasteiger partial charge in [-0.1, -0.05) is 12.1 Å². The lowest BCUT2D eigenvalue weighted by molar-refractivity contribution is -0.130. The molecule has 1 fully saturated rings. The first kappa shape index (κ1) is 17.8. The molecule has 1 aromatic carbocycles. The molecule has 0 saturated carbocycles. The van der Waals surface area contributed by atoms with Crippen LogP contribution in [0.4, 0.5) is 0 Å². The van der Waals surface area contributed by atoms with E-state index in [1.54, 1.807) is 18.2 Å². The third-order valence-electron chi connectivity index (χ3n) is 4.43. The van der Waals surface area contributed by atoms with Gasteiger partial charge in [-0.2, -0.15) is 0 Å². The molecule has 1 aliphatic heterocycles. The van der Waals surface area contributed by atoms with Crippen LogP contribution in [0, 0.1) is 0 Å². The SMILES string of the molecule is COc1ccc(CC(=O)N2CCCN(C(=O)c3cnccn3)CC2)cc1. The molecule has 2 heterocycles. The lowest BCUT2D eigenvalue weighted by Gasteiger charge is -2.22. The minimum atomic E-state index is -0.137. The van der Waals surface area contributed by atoms with Crippen molar-refractivity contribution in [1.82, 2.24) is 19.8 Å². The van der Waals surface area contributed by atoms with Gasteiger partial charge in [0.2, 0.25) is 5.91 Å². The molecule has 7 nitrogen and oxygen atoms in total. The molecule has 0 radical (unpaired) electrons. The van der Waals surface area contributed by atoms with E-state index in [2.05, 4.69) is 9.97 Å². The van der Waals surface area contributed by atoms with Crippen LogP contribution in [-0.4, -0.2) is 64.9 Å². The van der Waals surface area contributed by atoms with E-state index in [0.717, 1.165) is 17.7 Å². The van der Waals surface area contributed by atoms with E-state index < -0.39 is 0 Å². The van der Waals surface area contributed by atoms with E-state index in [1.165, 1.54) is 12.4 Å². The normalized spacial score (nSPS) is 14.7. The second-order valence-corrected chi connectivity index (χ2v) is 6.14. The maximum Gasteiger partial charge on any atom is 0.274 e. The van der Waals surface area contributed by atoms with Crippen LogP contribution < -0.4 is 4.74 Å². The van der Waals surface area contributed by atoms with Crippen LogP contribution in [0.25, 0.3) is 0 Å². The molecule has 26 heavy (non-hydrogen) atoms. The van der Waals surface area contributed by atoms with Gasteiger partial charge in [-0.3, -0.25) is 14.6 Å². The molecule has 7 heteroatoms. The summed E-state index contributed by atoms with van der Waals surface area (Å²) in [6, 6.07) is 7.51. The smallest absolute Gasteiger partial charge is 0.274 e. The van der Waals surface area contributed by atoms with E-state index in [1.807, 2.05) is 29.2 Å². The van der Waals surface area contributed by atoms with Crippen molar-refractivity contribution in [3.8, 4) is 5.75 Å². The molecule has 136 valence electrons. The Morgan fingerprint density at radius 1 is 1.04 bits per heavy atom. The molecule has 3 rings (SSSR count). The average molecular weight is 354 g/mol. The van der Waals surface area contributed by atoms with Gasteiger partial charge in [-0.05, 0) is 24.1 Å². The first-order chi connectivity index (χ1) is 12.7. The molecule has 1 aromatic heterocycles. The van der Waals surface area contributed by atoms with E-state index >= 15 is 0 Å². The quantitative estimate of drug-likeness (QED) is 0.830. The predicted molar refractivity (Wildman–Crippen MR) is 95.8 cm³/mol. The number of nitrogens with zero attached hydrogens (tertiary/aromatic N) is 4. The molecule has 1 saturated heterocycles. The second-order valence-electron chi connectivity index (χ2n) is 6.14. The summed E-state index contributed by atoms with van der Waals surface area (Å²) in [6.45, 7) is 2.30. The highest BCUT2D eigenvalue weighted by Crippen LogP contribution is 2.14. The Bertz CT molecular complexity index is 749. The summed E-state index contributed by atoms with van der Waals surface area (Å²) in [5.41, 5.74) is 1.29. The van der Waals surface area contributed by atoms with Gasteiger partial charge >= 0.3 is 0 Å². The fraction of sp³-hybridized carbons (Fsp3) is 0.368. The van der Waals surface area contributed by atoms with E-state index in [4.69, 9.17) is 4.74 Å². The number of hydrogen-bond acceptors (Lipinski definition) is 5. The van der Waals surface area contributed by atoms with E-state index in [9.17, 15) is 9.59 Å². The maximum atomic E-state index is 12.6. The summed E-state index contributed by atoms with van der Waals surface area (Å²) >= 11 is 0. The molecule has 0 spiro atoms. The first-order valence-corrected chi connectivity index (χ1v) is 8.63. The number of aromatic nitrogens is 2. The summed E-state index contributed by atoms with van der Waals surface area (Å²) in [6.07, 6.45) is 5.62. The number of hydrogen-bond donors (Lipinski definition) is 0. The monoisotopic (exact) mass is 354 g/mol. The highest BCUT2D eigenvalue weighted by Gasteiger charge is 2.23. The lowest BCUT2D eigenvalue weighted by Crippen LogP contribution is -2.38. The van der Waals surface area contributed by atoms with E-state index in [0.29, 0.717) is 38.3 Å². The fourth-order valence-electron chi connectivity index (χ4n) is 2.97. The summed E-state index contributed by atoms with van der Waals surface area (Å²) in [5.74, 6) is 0.709. The molecular formula is C19H22N4O3. The predicted octanol–water partition coefficient (Wildman–Crippen LogP) is 1.40. The number of ether oxygens (including phenoxy) is 1. The molecule has 2 amide bonds. The number of amides is 2. The van der Waals surface area contributed by atoms with E-state index in [-0.39, 0.29) is 11.8 Å². The average Bonchev–Trinajstić information content (AvgIpc) is 2.95. The lowest BCUT2D eigenvalue weighted by atomic mass is 10.1. The zero-order chi connectivity index (χ0) is 18.4. The Balaban J connectivity index is 1.57. The van der Waals surface area contributed by atoms with Crippen LogP contribution in [0.5, 0.6) is 5.75 Å². The van der Waals surface area contributed by atoms with Gasteiger partial charge in [0.1, 0.15) is 11.4 Å². The Hall–Kier alpha value is -2.96. The van der Waals surface area contributed by atoms with Crippen LogP contribution in [0.15, 0.2) is 42.9 Å². The van der Waals surface area contributed by atoms with Gasteiger partial charge in [0.25, 0.3) is 5.91 Å². The van der Waals surface area contributed by atoms with Crippen LogP contribution in [0.2, 0.25) is 0 Å². The summed E-state index contributed by atoms with van der Waals surface area (Å²) in [4.78, 5) is 36.7. The van der Waals surface area contributed by atoms with Crippen molar-refractivity contribution in [2.75, 3.05) is 33.3 Å². The molecular weight excluding hydrogens is 332 g/mol. The third kappa shape index (κ3) is 4.36. The highest BCUT2D eigenvalue weighted by atomic mass is 16.5. The third-order valence-corrected chi connectivity index (χ3v) is 4.43. The summed E-state index contributed by atoms with van der Waals surface area (Å²) in [5, 5.41) is 0. The van der Waals surface area contributed by atoms with Gasteiger partial charge in [-0.25, -0.2) is 4.98 Å². The summed E-state index contributed by atoms with van der Waals surface area (Å²) in [7, 11) is 1.62. The zero-order valence-electron chi connectivity index (χ0n) is 14.8. The molecule has 0 bridgehead atoms. The van der Waals surface area contributed by atoms with Crippen LogP contribution in [0.1, 0.15) is 22.5 Å². The number of rotatable bonds is 4. The van der Waals surface area contributed by atoms with Crippen molar-refractivity contribution in [2.24, 2.45) is 0 Å². The molecule has 0 N–H and O–H groups in total. The maximum absolute atomic E-state index is 12.6. The molecule has 0 atom stereocenters. The van der Waals surface area contributed by atoms with Crippen LogP contribution in [0.3, 0.4) is 0 Å². The van der Waals surface area contributed by atoms with Crippen LogP contribution >= 0.6 is 0 Å². The largest absolute Gasteiger partial charge is 0.497 e. The number of methoxy groups -OCH3 is 1. The second kappa shape index (κ2) is 8.42. The standard InChI is InChI=1S/C19H22N4O3/c1-26-16-5-3-15(4-6-16)13-18(24)22-9-2-10-23(12-11-22)19(25)17-14-20-7-8-21-17/h3-8,14H,2,9-13H2,1H3. The van der Waals surface area contributed by atoms with Crippen molar-refractivity contribution < 1.29 is 14.3 Å². The minimum absolute atomic E-state index is 0.0731. The Morgan fingerprint density at radius 2 is 1.77 bits per heavy atom. The summed E-state index contributed by atoms with van der Waals surface area (Å²) < 4.78 is 5.14. The topological polar surface area (TPSA) is 75.6 Å². The molecule has 1 aliphatic rings. The zero-order valence-corrected chi connectivity index (χ0v) is 14.8. The van der Waals surface area contributed by atoms with Gasteiger partial charge in [-0.15, -0.1) is 0 Å². The van der Waals surface area contributed by atoms with Crippen molar-refractivity contribution in [3.05, 3.63) is 54.1 Å². The fourth-order valence-corrected chi connectivity index (χ4v) is 2.97. The number of benzene rings is 1. The van der Waals surface area contributed by atoms with Gasteiger partial charge in [0.05, 0.1) is 19.7 Å². The van der Waals surface area contributed by atoms with Crippen molar-refractivity contribution in [3.63, 3.8) is 0 Å². The van der Waals surface area contributed by atoms with Crippen molar-refractivity contribution >= 4 is 11.8 Å². The highest BCUT2D eigenvalue weighted by molar-refractivity contribution is 5.92.